The number of carboxylic acids is 5. The van der Waals surface area contributed by atoms with E-state index < -0.39 is 208 Å². The molecular weight excluding hydrogens is 1350 g/mol. The summed E-state index contributed by atoms with van der Waals surface area (Å²) in [6.45, 7) is -0.640. The van der Waals surface area contributed by atoms with Gasteiger partial charge < -0.3 is 66.4 Å². The maximum absolute atomic E-state index is 14.0. The monoisotopic (exact) mass is 1410 g/mol. The number of aliphatic carboxylic acids is 4. The Hall–Kier alpha value is -10.1. The number of fused-ring (bicyclic) bond motifs is 2. The van der Waals surface area contributed by atoms with Crippen molar-refractivity contribution >= 4 is 126 Å². The largest absolute Gasteiger partial charge is 0.481 e. The topological polar surface area (TPSA) is 565 Å². The van der Waals surface area contributed by atoms with Crippen LogP contribution in [-0.2, 0) is 84.1 Å². The van der Waals surface area contributed by atoms with Gasteiger partial charge in [-0.05, 0) is 67.1 Å². The van der Waals surface area contributed by atoms with Gasteiger partial charge in [0.1, 0.15) is 12.1 Å². The molecule has 0 bridgehead atoms. The second kappa shape index (κ2) is 34.1. The van der Waals surface area contributed by atoms with Crippen LogP contribution in [0.15, 0.2) is 87.0 Å². The number of ether oxygens (including phenoxy) is 2. The summed E-state index contributed by atoms with van der Waals surface area (Å²) in [6.07, 6.45) is -3.91. The zero-order valence-electron chi connectivity index (χ0n) is 50.9. The lowest BCUT2D eigenvalue weighted by molar-refractivity contribution is -0.151. The number of Topliss-reactive ketones (excluding diaryl/α,β-unsaturated/α-hetero) is 3. The molecule has 14 N–H and O–H groups in total. The van der Waals surface area contributed by atoms with E-state index in [9.17, 15) is 109 Å². The lowest BCUT2D eigenvalue weighted by atomic mass is 9.89. The van der Waals surface area contributed by atoms with Gasteiger partial charge in [-0.1, -0.05) is 42.5 Å². The highest BCUT2D eigenvalue weighted by molar-refractivity contribution is 8.00. The first-order chi connectivity index (χ1) is 45.7. The number of thioether (sulfide) groups is 1. The molecule has 3 aromatic carbocycles. The molecule has 2 aliphatic heterocycles. The second-order valence-electron chi connectivity index (χ2n) is 21.7. The number of carboxylic acid groups (broad SMARTS) is 5. The zero-order valence-corrected chi connectivity index (χ0v) is 53.3. The fourth-order valence-electron chi connectivity index (χ4n) is 10.1. The second-order valence-corrected chi connectivity index (χ2v) is 25.6. The molecule has 2 heterocycles. The van der Waals surface area contributed by atoms with E-state index in [1.165, 1.54) is 12.1 Å². The number of benzene rings is 4. The van der Waals surface area contributed by atoms with Crippen LogP contribution < -0.4 is 32.4 Å². The third-order valence-electron chi connectivity index (χ3n) is 14.8. The summed E-state index contributed by atoms with van der Waals surface area (Å²) in [5.41, 5.74) is 3.46. The number of aromatic carboxylic acids is 1. The molecule has 37 heteroatoms. The number of hydrogen-bond acceptors (Lipinski definition) is 23. The number of nitrogens with one attached hydrogen (secondary N) is 5. The molecule has 3 unspecified atom stereocenters. The molecule has 34 nitrogen and oxygen atoms in total. The molecule has 1 aliphatic carbocycles. The maximum Gasteiger partial charge on any atom is 0.372 e. The Balaban J connectivity index is 0.999. The molecule has 1 fully saturated rings. The summed E-state index contributed by atoms with van der Waals surface area (Å²) in [4.78, 5) is 163. The molecule has 0 aromatic heterocycles. The third kappa shape index (κ3) is 21.0. The number of carbonyl (C=O) groups is 13. The number of urea groups is 1. The fourth-order valence-corrected chi connectivity index (χ4v) is 12.9. The van der Waals surface area contributed by atoms with E-state index in [1.807, 2.05) is 10.6 Å². The number of imide groups is 1. The van der Waals surface area contributed by atoms with Gasteiger partial charge >= 0.3 is 35.9 Å². The molecule has 97 heavy (non-hydrogen) atoms. The molecule has 3 aliphatic rings. The number of rotatable bonds is 39. The molecule has 0 spiro atoms. The minimum atomic E-state index is -5.32. The number of amides is 6. The van der Waals surface area contributed by atoms with Crippen molar-refractivity contribution in [2.24, 2.45) is 5.92 Å². The molecule has 0 saturated carbocycles. The lowest BCUT2D eigenvalue weighted by Crippen LogP contribution is -2.51. The van der Waals surface area contributed by atoms with Crippen molar-refractivity contribution in [2.75, 3.05) is 51.0 Å². The Morgan fingerprint density at radius 3 is 1.95 bits per heavy atom. The zero-order chi connectivity index (χ0) is 71.6. The van der Waals surface area contributed by atoms with Crippen LogP contribution in [0.1, 0.15) is 84.1 Å². The predicted molar refractivity (Wildman–Crippen MR) is 334 cm³/mol. The molecule has 6 amide bonds. The van der Waals surface area contributed by atoms with E-state index in [4.69, 9.17) is 30.1 Å². The maximum atomic E-state index is 14.0. The Morgan fingerprint density at radius 1 is 0.711 bits per heavy atom. The van der Waals surface area contributed by atoms with Crippen LogP contribution >= 0.6 is 11.8 Å². The van der Waals surface area contributed by atoms with Crippen molar-refractivity contribution < 1.29 is 128 Å². The Labute approximate surface area is 553 Å². The minimum Gasteiger partial charge on any atom is -0.481 e. The molecule has 520 valence electrons. The van der Waals surface area contributed by atoms with Crippen molar-refractivity contribution in [3.63, 3.8) is 0 Å². The van der Waals surface area contributed by atoms with Crippen molar-refractivity contribution in [3.8, 4) is 22.5 Å². The van der Waals surface area contributed by atoms with Gasteiger partial charge in [0.05, 0.1) is 54.3 Å². The Kier molecular flexibility index (Phi) is 26.7. The van der Waals surface area contributed by atoms with E-state index in [2.05, 4.69) is 10.6 Å². The number of nitrogens with two attached hydrogens (primary N) is 1. The van der Waals surface area contributed by atoms with Gasteiger partial charge in [-0.25, -0.2) is 24.0 Å². The van der Waals surface area contributed by atoms with Gasteiger partial charge in [0, 0.05) is 85.4 Å². The smallest absolute Gasteiger partial charge is 0.372 e. The van der Waals surface area contributed by atoms with Gasteiger partial charge in [-0.3, -0.25) is 57.8 Å². The number of likely N-dealkylation sites (tertiary alicyclic amines) is 1. The normalized spacial score (nSPS) is 14.5. The van der Waals surface area contributed by atoms with Crippen LogP contribution in [0.5, 0.6) is 0 Å². The average molecular weight is 1410 g/mol. The summed E-state index contributed by atoms with van der Waals surface area (Å²) < 4.78 is 87.2. The Bertz CT molecular complexity index is 4180. The summed E-state index contributed by atoms with van der Waals surface area (Å²) in [5, 5.41) is 62.8. The highest BCUT2D eigenvalue weighted by Gasteiger charge is 2.41. The Morgan fingerprint density at radius 2 is 1.34 bits per heavy atom. The van der Waals surface area contributed by atoms with Gasteiger partial charge in [0.25, 0.3) is 20.2 Å². The third-order valence-corrected chi connectivity index (χ3v) is 18.0. The minimum absolute atomic E-state index is 0.0184. The summed E-state index contributed by atoms with van der Waals surface area (Å²) in [6, 6.07) is 10.1. The van der Waals surface area contributed by atoms with E-state index >= 15 is 0 Å². The van der Waals surface area contributed by atoms with Crippen LogP contribution in [0, 0.1) is 11.3 Å². The molecular formula is C60H65N7O27S3. The van der Waals surface area contributed by atoms with Gasteiger partial charge in [-0.2, -0.15) is 16.8 Å². The number of hydrogen-bond donors (Lipinski definition) is 13. The highest BCUT2D eigenvalue weighted by atomic mass is 32.2. The summed E-state index contributed by atoms with van der Waals surface area (Å²) in [5.74, 6) is -16.4. The predicted octanol–water partition coefficient (Wildman–Crippen LogP) is 1.63. The van der Waals surface area contributed by atoms with Crippen molar-refractivity contribution in [2.45, 2.75) is 97.4 Å². The lowest BCUT2D eigenvalue weighted by Gasteiger charge is -2.21. The average Bonchev–Trinajstić information content (AvgIpc) is 1.13. The summed E-state index contributed by atoms with van der Waals surface area (Å²) >= 11 is 0.739. The van der Waals surface area contributed by atoms with E-state index in [-0.39, 0.29) is 92.8 Å². The SMILES string of the molecule is N=c1ccc2c(-c3ccc(C(=O)CCCN4C(=O)CC(SCC(CC(=O)C(Cc5ccccc5)NC(=O)CCOCCOCCNC(=O)CC[C@@H](NC(=O)N[C@H](CCC(=O)O)C(=O)O)C(=O)O)C(=O)C(=O)O)C4=O)cc3C(=O)O)c3ccc(N)c(S(=O)(=O)O)c3oc-2c1S(=O)(=O)O. The number of carbonyl (C=O) groups excluding carboxylic acids is 8. The first-order valence-electron chi connectivity index (χ1n) is 29.2. The standard InChI is InChI=1S/C60H65N7O27S3/c61-37-12-10-34-49(35-11-13-38(62)54(97(89,90)91)52(35)94-51(34)53(37)96(86,87)88)33-9-8-31(26-36(33)56(77)78)42(68)7-4-20-67-47(72)28-44(55(67)76)95-29-32(50(75)59(83)84)27-43(69)41(25-30-5-2-1-3-6-30)64-46(71)18-21-92-23-24-93-22-19-63-45(70)16-14-39(57(79)80)65-60(85)66-40(58(81)82)15-17-48(73)74/h1-3,5-6,8-13,26,32,39-41,44,61H,4,7,14-25,27-29,62H2,(H,63,70)(H,64,71)(H,73,74)(H,77,78)(H,79,80)(H,81,82)(H,83,84)(H2,65,66,85)(H,86,87,88)(H,89,90,91)/t32?,39-,40-,41?,44?/m1/s1. The fraction of sp³-hybridized carbons (Fsp3) is 0.367. The van der Waals surface area contributed by atoms with E-state index in [0.29, 0.717) is 5.56 Å². The number of anilines is 1. The first kappa shape index (κ1) is 76.0. The quantitative estimate of drug-likeness (QED) is 0.00506. The van der Waals surface area contributed by atoms with Gasteiger partial charge in [0.15, 0.2) is 32.7 Å². The van der Waals surface area contributed by atoms with Crippen LogP contribution in [0.3, 0.4) is 0 Å². The number of ketones is 3. The van der Waals surface area contributed by atoms with Crippen LogP contribution in [0.2, 0.25) is 0 Å². The van der Waals surface area contributed by atoms with Gasteiger partial charge in [0.2, 0.25) is 29.4 Å². The van der Waals surface area contributed by atoms with Crippen LogP contribution in [0.4, 0.5) is 10.5 Å². The molecule has 3 aromatic rings. The first-order valence-corrected chi connectivity index (χ1v) is 33.1. The van der Waals surface area contributed by atoms with Crippen LogP contribution in [-0.4, -0.2) is 202 Å². The van der Waals surface area contributed by atoms with Crippen molar-refractivity contribution in [1.29, 1.82) is 5.41 Å². The number of nitrogen functional groups attached to an aromatic ring is 1. The highest BCUT2D eigenvalue weighted by Crippen LogP contribution is 2.46. The molecule has 6 rings (SSSR count). The molecule has 0 radical (unpaired) electrons. The van der Waals surface area contributed by atoms with Crippen molar-refractivity contribution in [3.05, 3.63) is 94.8 Å². The molecule has 1 saturated heterocycles. The number of nitrogens with zero attached hydrogens (tertiary/aromatic N) is 1. The van der Waals surface area contributed by atoms with Crippen LogP contribution in [0.25, 0.3) is 33.4 Å². The van der Waals surface area contributed by atoms with E-state index in [1.54, 1.807) is 30.3 Å². The van der Waals surface area contributed by atoms with Gasteiger partial charge in [-0.15, -0.1) is 11.8 Å². The van der Waals surface area contributed by atoms with Crippen molar-refractivity contribution in [1.82, 2.24) is 26.2 Å². The molecule has 5 atom stereocenters. The summed E-state index contributed by atoms with van der Waals surface area (Å²) in [7, 11) is -10.6. The van der Waals surface area contributed by atoms with E-state index in [0.717, 1.165) is 47.0 Å².